The average molecular weight is 330 g/mol. The SMILES string of the molecule is FC(F)=C(F)c1ccccc1Oc1ccccc1C(F)=C(F)F. The van der Waals surface area contributed by atoms with E-state index in [1.54, 1.807) is 0 Å². The molecule has 120 valence electrons. The van der Waals surface area contributed by atoms with Crippen LogP contribution in [0.5, 0.6) is 11.5 Å². The maximum atomic E-state index is 13.5. The van der Waals surface area contributed by atoms with Gasteiger partial charge in [0.1, 0.15) is 11.5 Å². The maximum absolute atomic E-state index is 13.5. The summed E-state index contributed by atoms with van der Waals surface area (Å²) in [7, 11) is 0. The number of rotatable bonds is 4. The first-order chi connectivity index (χ1) is 10.9. The Morgan fingerprint density at radius 2 is 0.913 bits per heavy atom. The zero-order valence-corrected chi connectivity index (χ0v) is 11.3. The largest absolute Gasteiger partial charge is 0.456 e. The molecule has 0 unspecified atom stereocenters. The highest BCUT2D eigenvalue weighted by Gasteiger charge is 2.18. The van der Waals surface area contributed by atoms with Gasteiger partial charge in [0.2, 0.25) is 0 Å². The summed E-state index contributed by atoms with van der Waals surface area (Å²) in [5.41, 5.74) is -1.15. The summed E-state index contributed by atoms with van der Waals surface area (Å²) in [6, 6.07) is 9.67. The van der Waals surface area contributed by atoms with Crippen LogP contribution in [0.15, 0.2) is 60.7 Å². The molecule has 2 aromatic rings. The third-order valence-electron chi connectivity index (χ3n) is 2.80. The standard InChI is InChI=1S/C16H8F6O/c17-13(15(19)20)9-5-1-3-7-11(9)23-12-8-4-2-6-10(12)14(18)16(21)22/h1-8H. The van der Waals surface area contributed by atoms with Crippen molar-refractivity contribution in [1.29, 1.82) is 0 Å². The molecule has 0 fully saturated rings. The van der Waals surface area contributed by atoms with Crippen LogP contribution in [0.2, 0.25) is 0 Å². The van der Waals surface area contributed by atoms with E-state index < -0.39 is 34.9 Å². The fourth-order valence-electron chi connectivity index (χ4n) is 1.80. The second-order valence-corrected chi connectivity index (χ2v) is 4.24. The van der Waals surface area contributed by atoms with Gasteiger partial charge in [-0.15, -0.1) is 0 Å². The average Bonchev–Trinajstić information content (AvgIpc) is 2.54. The highest BCUT2D eigenvalue weighted by atomic mass is 19.3. The van der Waals surface area contributed by atoms with Crippen LogP contribution >= 0.6 is 0 Å². The number of hydrogen-bond donors (Lipinski definition) is 0. The number of ether oxygens (including phenoxy) is 1. The summed E-state index contributed by atoms with van der Waals surface area (Å²) in [5, 5.41) is 0. The van der Waals surface area contributed by atoms with Gasteiger partial charge in [0.25, 0.3) is 0 Å². The second-order valence-electron chi connectivity index (χ2n) is 4.24. The molecule has 0 N–H and O–H groups in total. The van der Waals surface area contributed by atoms with Gasteiger partial charge in [0.05, 0.1) is 11.1 Å². The van der Waals surface area contributed by atoms with Crippen LogP contribution in [0.1, 0.15) is 11.1 Å². The summed E-state index contributed by atoms with van der Waals surface area (Å²) in [4.78, 5) is 0. The van der Waals surface area contributed by atoms with Crippen molar-refractivity contribution in [3.05, 3.63) is 71.8 Å². The molecule has 0 aliphatic heterocycles. The Morgan fingerprint density at radius 1 is 0.565 bits per heavy atom. The number of para-hydroxylation sites is 2. The van der Waals surface area contributed by atoms with Crippen molar-refractivity contribution in [3.63, 3.8) is 0 Å². The van der Waals surface area contributed by atoms with E-state index in [1.165, 1.54) is 24.3 Å². The van der Waals surface area contributed by atoms with Crippen molar-refractivity contribution in [2.45, 2.75) is 0 Å². The number of halogens is 6. The minimum atomic E-state index is -2.56. The van der Waals surface area contributed by atoms with Crippen LogP contribution < -0.4 is 4.74 Å². The number of hydrogen-bond acceptors (Lipinski definition) is 1. The molecule has 0 atom stereocenters. The van der Waals surface area contributed by atoms with Gasteiger partial charge in [-0.2, -0.15) is 17.6 Å². The zero-order chi connectivity index (χ0) is 17.0. The molecule has 0 aliphatic carbocycles. The van der Waals surface area contributed by atoms with Crippen molar-refractivity contribution in [3.8, 4) is 11.5 Å². The van der Waals surface area contributed by atoms with Crippen molar-refractivity contribution >= 4 is 11.7 Å². The van der Waals surface area contributed by atoms with E-state index in [4.69, 9.17) is 4.74 Å². The lowest BCUT2D eigenvalue weighted by Gasteiger charge is -2.12. The van der Waals surface area contributed by atoms with E-state index in [2.05, 4.69) is 0 Å². The van der Waals surface area contributed by atoms with Gasteiger partial charge in [0, 0.05) is 0 Å². The van der Waals surface area contributed by atoms with Gasteiger partial charge in [-0.25, -0.2) is 8.78 Å². The van der Waals surface area contributed by atoms with E-state index in [-0.39, 0.29) is 11.5 Å². The van der Waals surface area contributed by atoms with E-state index in [0.717, 1.165) is 24.3 Å². The quantitative estimate of drug-likeness (QED) is 0.578. The predicted molar refractivity (Wildman–Crippen MR) is 73.4 cm³/mol. The molecule has 1 nitrogen and oxygen atoms in total. The molecular weight excluding hydrogens is 322 g/mol. The lowest BCUT2D eigenvalue weighted by molar-refractivity contribution is 0.406. The Labute approximate surface area is 127 Å². The van der Waals surface area contributed by atoms with Gasteiger partial charge in [-0.3, -0.25) is 0 Å². The molecule has 23 heavy (non-hydrogen) atoms. The first-order valence-corrected chi connectivity index (χ1v) is 6.20. The zero-order valence-electron chi connectivity index (χ0n) is 11.3. The van der Waals surface area contributed by atoms with Crippen molar-refractivity contribution in [1.82, 2.24) is 0 Å². The summed E-state index contributed by atoms with van der Waals surface area (Å²) in [6.07, 6.45) is -5.12. The minimum Gasteiger partial charge on any atom is -0.456 e. The number of benzene rings is 2. The molecular formula is C16H8F6O. The molecule has 7 heteroatoms. The summed E-state index contributed by atoms with van der Waals surface area (Å²) in [5.74, 6) is -4.36. The molecule has 0 bridgehead atoms. The third-order valence-corrected chi connectivity index (χ3v) is 2.80. The minimum absolute atomic E-state index is 0.364. The Bertz CT molecular complexity index is 708. The van der Waals surface area contributed by atoms with Crippen LogP contribution in [0.25, 0.3) is 11.7 Å². The molecule has 0 radical (unpaired) electrons. The molecule has 2 rings (SSSR count). The third kappa shape index (κ3) is 3.74. The normalized spacial score (nSPS) is 10.2. The molecule has 0 amide bonds. The Hall–Kier alpha value is -2.70. The fraction of sp³-hybridized carbons (Fsp3) is 0. The van der Waals surface area contributed by atoms with E-state index in [9.17, 15) is 26.3 Å². The lowest BCUT2D eigenvalue weighted by atomic mass is 10.1. The molecule has 0 saturated heterocycles. The van der Waals surface area contributed by atoms with Crippen LogP contribution in [0, 0.1) is 0 Å². The molecule has 0 heterocycles. The molecule has 2 aromatic carbocycles. The van der Waals surface area contributed by atoms with E-state index in [1.807, 2.05) is 0 Å². The van der Waals surface area contributed by atoms with Gasteiger partial charge in [-0.05, 0) is 24.3 Å². The Balaban J connectivity index is 2.51. The summed E-state index contributed by atoms with van der Waals surface area (Å²) >= 11 is 0. The van der Waals surface area contributed by atoms with Crippen LogP contribution in [0.3, 0.4) is 0 Å². The first-order valence-electron chi connectivity index (χ1n) is 6.20. The van der Waals surface area contributed by atoms with Crippen molar-refractivity contribution in [2.24, 2.45) is 0 Å². The highest BCUT2D eigenvalue weighted by Crippen LogP contribution is 2.37. The monoisotopic (exact) mass is 330 g/mol. The first kappa shape index (κ1) is 16.7. The molecule has 0 aromatic heterocycles. The molecule has 0 spiro atoms. The highest BCUT2D eigenvalue weighted by molar-refractivity contribution is 5.69. The topological polar surface area (TPSA) is 9.23 Å². The van der Waals surface area contributed by atoms with Gasteiger partial charge in [-0.1, -0.05) is 24.3 Å². The second kappa shape index (κ2) is 7.04. The van der Waals surface area contributed by atoms with Crippen LogP contribution in [-0.2, 0) is 0 Å². The van der Waals surface area contributed by atoms with Crippen molar-refractivity contribution < 1.29 is 31.1 Å². The molecule has 0 saturated carbocycles. The van der Waals surface area contributed by atoms with E-state index >= 15 is 0 Å². The maximum Gasteiger partial charge on any atom is 0.306 e. The van der Waals surface area contributed by atoms with Gasteiger partial charge in [0.15, 0.2) is 11.7 Å². The molecule has 0 aliphatic rings. The van der Waals surface area contributed by atoms with Gasteiger partial charge < -0.3 is 4.74 Å². The summed E-state index contributed by atoms with van der Waals surface area (Å²) in [6.45, 7) is 0. The van der Waals surface area contributed by atoms with Crippen LogP contribution in [0.4, 0.5) is 26.3 Å². The summed E-state index contributed by atoms with van der Waals surface area (Å²) < 4.78 is 81.8. The van der Waals surface area contributed by atoms with Crippen LogP contribution in [-0.4, -0.2) is 0 Å². The lowest BCUT2D eigenvalue weighted by Crippen LogP contribution is -1.93. The van der Waals surface area contributed by atoms with Gasteiger partial charge >= 0.3 is 12.2 Å². The predicted octanol–water partition coefficient (Wildman–Crippen LogP) is 6.55. The van der Waals surface area contributed by atoms with Crippen molar-refractivity contribution in [2.75, 3.05) is 0 Å². The fourth-order valence-corrected chi connectivity index (χ4v) is 1.80. The Kier molecular flexibility index (Phi) is 5.10. The smallest absolute Gasteiger partial charge is 0.306 e. The Morgan fingerprint density at radius 3 is 1.26 bits per heavy atom. The van der Waals surface area contributed by atoms with E-state index in [0.29, 0.717) is 0 Å².